The predicted molar refractivity (Wildman–Crippen MR) is 78.0 cm³/mol. The van der Waals surface area contributed by atoms with Crippen molar-refractivity contribution < 1.29 is 4.74 Å². The smallest absolute Gasteiger partial charge is 0.142 e. The predicted octanol–water partition coefficient (Wildman–Crippen LogP) is 4.56. The van der Waals surface area contributed by atoms with Crippen molar-refractivity contribution in [1.82, 2.24) is 4.98 Å². The first-order chi connectivity index (χ1) is 8.60. The Morgan fingerprint density at radius 1 is 1.28 bits per heavy atom. The number of aryl methyl sites for hydroxylation is 1. The second kappa shape index (κ2) is 5.59. The van der Waals surface area contributed by atoms with Gasteiger partial charge in [-0.2, -0.15) is 0 Å². The van der Waals surface area contributed by atoms with Gasteiger partial charge in [-0.15, -0.1) is 0 Å². The summed E-state index contributed by atoms with van der Waals surface area (Å²) in [6.07, 6.45) is 0. The summed E-state index contributed by atoms with van der Waals surface area (Å²) in [5.41, 5.74) is 1.71. The Balaban J connectivity index is 2.33. The number of nitrogens with one attached hydrogen (secondary N) is 1. The molecule has 0 aliphatic heterocycles. The zero-order chi connectivity index (χ0) is 13.1. The van der Waals surface area contributed by atoms with Crippen LogP contribution in [0, 0.1) is 6.92 Å². The van der Waals surface area contributed by atoms with Crippen LogP contribution in [0.3, 0.4) is 0 Å². The standard InChI is InChI=1S/C13H12BrClN2O/c1-8-10(14)4-6-13(16-8)17-11-7-9(15)3-5-12(11)18-2/h3-7H,1-2H3,(H,16,17). The van der Waals surface area contributed by atoms with Gasteiger partial charge in [0.25, 0.3) is 0 Å². The van der Waals surface area contributed by atoms with E-state index < -0.39 is 0 Å². The molecule has 2 aromatic rings. The summed E-state index contributed by atoms with van der Waals surface area (Å²) >= 11 is 9.39. The molecule has 0 amide bonds. The summed E-state index contributed by atoms with van der Waals surface area (Å²) in [7, 11) is 1.62. The fourth-order valence-electron chi connectivity index (χ4n) is 1.53. The molecule has 1 aromatic carbocycles. The summed E-state index contributed by atoms with van der Waals surface area (Å²) < 4.78 is 6.25. The van der Waals surface area contributed by atoms with Gasteiger partial charge in [-0.05, 0) is 53.2 Å². The molecule has 0 fully saturated rings. The molecule has 3 nitrogen and oxygen atoms in total. The number of ether oxygens (including phenoxy) is 1. The van der Waals surface area contributed by atoms with E-state index in [1.54, 1.807) is 19.2 Å². The minimum absolute atomic E-state index is 0.645. The monoisotopic (exact) mass is 326 g/mol. The summed E-state index contributed by atoms with van der Waals surface area (Å²) in [6, 6.07) is 9.24. The molecular formula is C13H12BrClN2O. The van der Waals surface area contributed by atoms with Crippen LogP contribution in [0.4, 0.5) is 11.5 Å². The van der Waals surface area contributed by atoms with Crippen LogP contribution in [-0.4, -0.2) is 12.1 Å². The van der Waals surface area contributed by atoms with E-state index in [-0.39, 0.29) is 0 Å². The minimum atomic E-state index is 0.645. The number of nitrogens with zero attached hydrogens (tertiary/aromatic N) is 1. The van der Waals surface area contributed by atoms with Crippen LogP contribution in [-0.2, 0) is 0 Å². The molecule has 1 heterocycles. The van der Waals surface area contributed by atoms with Crippen molar-refractivity contribution in [2.45, 2.75) is 6.92 Å². The third-order valence-electron chi connectivity index (χ3n) is 2.45. The first-order valence-electron chi connectivity index (χ1n) is 5.34. The Hall–Kier alpha value is -1.26. The number of halogens is 2. The van der Waals surface area contributed by atoms with Crippen LogP contribution in [0.5, 0.6) is 5.75 Å². The van der Waals surface area contributed by atoms with Crippen molar-refractivity contribution >= 4 is 39.0 Å². The first-order valence-corrected chi connectivity index (χ1v) is 6.51. The maximum Gasteiger partial charge on any atom is 0.142 e. The van der Waals surface area contributed by atoms with Crippen molar-refractivity contribution in [2.75, 3.05) is 12.4 Å². The van der Waals surface area contributed by atoms with Gasteiger partial charge in [0.05, 0.1) is 18.5 Å². The van der Waals surface area contributed by atoms with Gasteiger partial charge in [0.15, 0.2) is 0 Å². The molecule has 0 spiro atoms. The first kappa shape index (κ1) is 13.2. The fraction of sp³-hybridized carbons (Fsp3) is 0.154. The molecule has 0 bridgehead atoms. The number of pyridine rings is 1. The average molecular weight is 328 g/mol. The summed E-state index contributed by atoms with van der Waals surface area (Å²) in [4.78, 5) is 4.42. The van der Waals surface area contributed by atoms with Crippen LogP contribution in [0.25, 0.3) is 0 Å². The third kappa shape index (κ3) is 2.94. The average Bonchev–Trinajstić information content (AvgIpc) is 2.34. The molecule has 1 aromatic heterocycles. The molecule has 1 N–H and O–H groups in total. The number of rotatable bonds is 3. The van der Waals surface area contributed by atoms with Crippen LogP contribution in [0.1, 0.15) is 5.69 Å². The van der Waals surface area contributed by atoms with Gasteiger partial charge in [0.1, 0.15) is 11.6 Å². The maximum absolute atomic E-state index is 5.97. The molecule has 94 valence electrons. The quantitative estimate of drug-likeness (QED) is 0.897. The van der Waals surface area contributed by atoms with E-state index in [0.717, 1.165) is 27.4 Å². The highest BCUT2D eigenvalue weighted by Gasteiger charge is 2.06. The highest BCUT2D eigenvalue weighted by molar-refractivity contribution is 9.10. The molecule has 0 saturated carbocycles. The van der Waals surface area contributed by atoms with Crippen molar-refractivity contribution in [2.24, 2.45) is 0 Å². The Kier molecular flexibility index (Phi) is 4.09. The highest BCUT2D eigenvalue weighted by atomic mass is 79.9. The highest BCUT2D eigenvalue weighted by Crippen LogP contribution is 2.30. The molecule has 0 aliphatic rings. The molecule has 5 heteroatoms. The Morgan fingerprint density at radius 3 is 2.72 bits per heavy atom. The molecule has 0 aliphatic carbocycles. The van der Waals surface area contributed by atoms with Gasteiger partial charge in [-0.25, -0.2) is 4.98 Å². The van der Waals surface area contributed by atoms with Gasteiger partial charge in [-0.1, -0.05) is 11.6 Å². The van der Waals surface area contributed by atoms with Gasteiger partial charge in [0.2, 0.25) is 0 Å². The van der Waals surface area contributed by atoms with Crippen LogP contribution in [0.15, 0.2) is 34.8 Å². The van der Waals surface area contributed by atoms with Gasteiger partial charge >= 0.3 is 0 Å². The van der Waals surface area contributed by atoms with Crippen molar-refractivity contribution in [3.63, 3.8) is 0 Å². The Bertz CT molecular complexity index is 575. The number of benzene rings is 1. The molecule has 0 saturated heterocycles. The van der Waals surface area contributed by atoms with Crippen molar-refractivity contribution in [3.05, 3.63) is 45.5 Å². The normalized spacial score (nSPS) is 10.2. The van der Waals surface area contributed by atoms with E-state index in [0.29, 0.717) is 5.02 Å². The number of hydrogen-bond donors (Lipinski definition) is 1. The van der Waals surface area contributed by atoms with Crippen molar-refractivity contribution in [3.8, 4) is 5.75 Å². The fourth-order valence-corrected chi connectivity index (χ4v) is 1.92. The number of aromatic nitrogens is 1. The number of hydrogen-bond acceptors (Lipinski definition) is 3. The Labute approximate surface area is 119 Å². The molecule has 2 rings (SSSR count). The lowest BCUT2D eigenvalue weighted by Gasteiger charge is -2.11. The topological polar surface area (TPSA) is 34.1 Å². The summed E-state index contributed by atoms with van der Waals surface area (Å²) in [6.45, 7) is 1.93. The lowest BCUT2D eigenvalue weighted by molar-refractivity contribution is 0.417. The molecule has 18 heavy (non-hydrogen) atoms. The lowest BCUT2D eigenvalue weighted by Crippen LogP contribution is -1.97. The van der Waals surface area contributed by atoms with Crippen LogP contribution in [0.2, 0.25) is 5.02 Å². The Morgan fingerprint density at radius 2 is 2.06 bits per heavy atom. The van der Waals surface area contributed by atoms with Gasteiger partial charge < -0.3 is 10.1 Å². The van der Waals surface area contributed by atoms with E-state index >= 15 is 0 Å². The second-order valence-electron chi connectivity index (χ2n) is 3.73. The van der Waals surface area contributed by atoms with E-state index in [1.807, 2.05) is 25.1 Å². The molecular weight excluding hydrogens is 316 g/mol. The molecule has 0 radical (unpaired) electrons. The number of anilines is 2. The minimum Gasteiger partial charge on any atom is -0.495 e. The summed E-state index contributed by atoms with van der Waals surface area (Å²) in [5, 5.41) is 3.84. The van der Waals surface area contributed by atoms with Crippen LogP contribution >= 0.6 is 27.5 Å². The second-order valence-corrected chi connectivity index (χ2v) is 5.02. The largest absolute Gasteiger partial charge is 0.495 e. The maximum atomic E-state index is 5.97. The summed E-state index contributed by atoms with van der Waals surface area (Å²) in [5.74, 6) is 1.47. The van der Waals surface area contributed by atoms with E-state index in [9.17, 15) is 0 Å². The number of methoxy groups -OCH3 is 1. The van der Waals surface area contributed by atoms with Gasteiger partial charge in [0, 0.05) is 9.50 Å². The molecule has 0 atom stereocenters. The van der Waals surface area contributed by atoms with E-state index in [1.165, 1.54) is 0 Å². The van der Waals surface area contributed by atoms with Crippen LogP contribution < -0.4 is 10.1 Å². The van der Waals surface area contributed by atoms with E-state index in [4.69, 9.17) is 16.3 Å². The van der Waals surface area contributed by atoms with E-state index in [2.05, 4.69) is 26.2 Å². The molecule has 0 unspecified atom stereocenters. The zero-order valence-corrected chi connectivity index (χ0v) is 12.3. The van der Waals surface area contributed by atoms with Gasteiger partial charge in [-0.3, -0.25) is 0 Å². The zero-order valence-electron chi connectivity index (χ0n) is 10.00. The SMILES string of the molecule is COc1ccc(Cl)cc1Nc1ccc(Br)c(C)n1. The van der Waals surface area contributed by atoms with Crippen molar-refractivity contribution in [1.29, 1.82) is 0 Å². The lowest BCUT2D eigenvalue weighted by atomic mass is 10.3. The third-order valence-corrected chi connectivity index (χ3v) is 3.52.